The molecule has 1 aliphatic heterocycles. The van der Waals surface area contributed by atoms with Gasteiger partial charge in [-0.25, -0.2) is 4.79 Å². The molecular formula is C19H20N3O3+. The number of benzene rings is 2. The van der Waals surface area contributed by atoms with Crippen molar-refractivity contribution in [1.29, 1.82) is 0 Å². The van der Waals surface area contributed by atoms with E-state index in [2.05, 4.69) is 6.07 Å². The first-order valence-corrected chi connectivity index (χ1v) is 8.11. The first-order chi connectivity index (χ1) is 11.8. The highest BCUT2D eigenvalue weighted by Crippen LogP contribution is 2.50. The lowest BCUT2D eigenvalue weighted by Crippen LogP contribution is -2.47. The average Bonchev–Trinajstić information content (AvgIpc) is 2.82. The van der Waals surface area contributed by atoms with Crippen molar-refractivity contribution in [2.24, 2.45) is 14.1 Å². The first-order valence-electron chi connectivity index (χ1n) is 8.11. The third-order valence-electron chi connectivity index (χ3n) is 5.42. The van der Waals surface area contributed by atoms with Crippen molar-refractivity contribution in [1.82, 2.24) is 13.6 Å². The summed E-state index contributed by atoms with van der Waals surface area (Å²) in [4.78, 5) is 25.0. The smallest absolute Gasteiger partial charge is 0.333 e. The molecule has 3 aromatic rings. The van der Waals surface area contributed by atoms with Crippen LogP contribution in [-0.4, -0.2) is 28.3 Å². The Balaban J connectivity index is 2.15. The zero-order chi connectivity index (χ0) is 18.1. The second-order valence-electron chi connectivity index (χ2n) is 7.11. The highest BCUT2D eigenvalue weighted by atomic mass is 16.3. The molecule has 25 heavy (non-hydrogen) atoms. The van der Waals surface area contributed by atoms with Crippen LogP contribution < -0.4 is 15.7 Å². The molecule has 0 saturated heterocycles. The summed E-state index contributed by atoms with van der Waals surface area (Å²) in [5.41, 5.74) is 1.34. The van der Waals surface area contributed by atoms with Gasteiger partial charge in [0, 0.05) is 19.7 Å². The van der Waals surface area contributed by atoms with Crippen LogP contribution in [-0.2, 0) is 14.1 Å². The van der Waals surface area contributed by atoms with Crippen LogP contribution in [0, 0.1) is 0 Å². The molecule has 2 heterocycles. The van der Waals surface area contributed by atoms with E-state index in [1.165, 1.54) is 14.1 Å². The minimum absolute atomic E-state index is 0.248. The summed E-state index contributed by atoms with van der Waals surface area (Å²) < 4.78 is 2.58. The molecule has 0 fully saturated rings. The Labute approximate surface area is 144 Å². The minimum atomic E-state index is -0.537. The molecule has 1 atom stereocenters. The quantitative estimate of drug-likeness (QED) is 0.686. The predicted octanol–water partition coefficient (Wildman–Crippen LogP) is 1.61. The Morgan fingerprint density at radius 3 is 2.32 bits per heavy atom. The van der Waals surface area contributed by atoms with E-state index in [1.807, 2.05) is 44.4 Å². The van der Waals surface area contributed by atoms with Gasteiger partial charge in [-0.05, 0) is 11.5 Å². The molecule has 6 nitrogen and oxygen atoms in total. The maximum atomic E-state index is 12.9. The van der Waals surface area contributed by atoms with E-state index in [1.54, 1.807) is 0 Å². The van der Waals surface area contributed by atoms with Gasteiger partial charge in [-0.1, -0.05) is 30.3 Å². The molecule has 1 aliphatic rings. The number of rotatable bonds is 1. The fourth-order valence-electron chi connectivity index (χ4n) is 4.12. The normalized spacial score (nSPS) is 18.0. The second-order valence-corrected chi connectivity index (χ2v) is 7.11. The van der Waals surface area contributed by atoms with Crippen molar-refractivity contribution in [2.45, 2.75) is 6.04 Å². The van der Waals surface area contributed by atoms with Gasteiger partial charge in [-0.3, -0.25) is 18.4 Å². The Morgan fingerprint density at radius 2 is 1.64 bits per heavy atom. The van der Waals surface area contributed by atoms with E-state index in [0.717, 1.165) is 31.2 Å². The number of quaternary nitrogens is 1. The molecule has 0 saturated carbocycles. The summed E-state index contributed by atoms with van der Waals surface area (Å²) in [5, 5.41) is 12.9. The van der Waals surface area contributed by atoms with Gasteiger partial charge < -0.3 is 5.11 Å². The maximum absolute atomic E-state index is 12.9. The van der Waals surface area contributed by atoms with Crippen LogP contribution in [0.4, 0.5) is 5.69 Å². The van der Waals surface area contributed by atoms with Crippen LogP contribution in [0.1, 0.15) is 17.2 Å². The lowest BCUT2D eigenvalue weighted by atomic mass is 9.97. The molecule has 0 spiro atoms. The van der Waals surface area contributed by atoms with Crippen LogP contribution in [0.15, 0.2) is 46.0 Å². The van der Waals surface area contributed by atoms with Gasteiger partial charge >= 0.3 is 5.69 Å². The summed E-state index contributed by atoms with van der Waals surface area (Å²) in [6.45, 7) is 0. The van der Waals surface area contributed by atoms with Crippen molar-refractivity contribution in [3.05, 3.63) is 68.4 Å². The molecule has 1 aromatic heterocycles. The van der Waals surface area contributed by atoms with Crippen LogP contribution in [0.2, 0.25) is 0 Å². The molecule has 0 radical (unpaired) electrons. The van der Waals surface area contributed by atoms with Crippen LogP contribution >= 0.6 is 0 Å². The summed E-state index contributed by atoms with van der Waals surface area (Å²) in [6.07, 6.45) is 0. The van der Waals surface area contributed by atoms with E-state index >= 15 is 0 Å². The van der Waals surface area contributed by atoms with Gasteiger partial charge in [0.25, 0.3) is 5.56 Å². The third-order valence-corrected chi connectivity index (χ3v) is 5.42. The Hall–Kier alpha value is -2.86. The van der Waals surface area contributed by atoms with Crippen LogP contribution in [0.3, 0.4) is 0 Å². The van der Waals surface area contributed by atoms with Crippen molar-refractivity contribution in [2.75, 3.05) is 14.1 Å². The van der Waals surface area contributed by atoms with Crippen molar-refractivity contribution in [3.63, 3.8) is 0 Å². The van der Waals surface area contributed by atoms with Gasteiger partial charge in [0.2, 0.25) is 5.88 Å². The molecule has 0 amide bonds. The third kappa shape index (κ3) is 1.83. The number of nitrogens with zero attached hydrogens (tertiary/aromatic N) is 3. The highest BCUT2D eigenvalue weighted by molar-refractivity contribution is 5.99. The van der Waals surface area contributed by atoms with Crippen LogP contribution in [0.25, 0.3) is 10.8 Å². The van der Waals surface area contributed by atoms with Gasteiger partial charge in [0.15, 0.2) is 6.04 Å². The molecule has 4 rings (SSSR count). The number of hydrogen-bond acceptors (Lipinski definition) is 3. The average molecular weight is 338 g/mol. The molecule has 0 aliphatic carbocycles. The Kier molecular flexibility index (Phi) is 3.02. The zero-order valence-electron chi connectivity index (χ0n) is 14.6. The van der Waals surface area contributed by atoms with Gasteiger partial charge in [0.1, 0.15) is 11.3 Å². The van der Waals surface area contributed by atoms with Crippen molar-refractivity contribution < 1.29 is 5.11 Å². The summed E-state index contributed by atoms with van der Waals surface area (Å²) in [5.74, 6) is -0.269. The summed E-state index contributed by atoms with van der Waals surface area (Å²) in [6, 6.07) is 11.7. The van der Waals surface area contributed by atoms with E-state index in [9.17, 15) is 14.7 Å². The molecule has 128 valence electrons. The lowest BCUT2D eigenvalue weighted by molar-refractivity contribution is 0.324. The number of hydrogen-bond donors (Lipinski definition) is 1. The second kappa shape index (κ2) is 4.83. The fraction of sp³-hybridized carbons (Fsp3) is 0.263. The fourth-order valence-corrected chi connectivity index (χ4v) is 4.12. The number of aromatic hydroxyl groups is 1. The van der Waals surface area contributed by atoms with Crippen molar-refractivity contribution >= 4 is 16.5 Å². The Bertz CT molecular complexity index is 1150. The summed E-state index contributed by atoms with van der Waals surface area (Å²) >= 11 is 0. The van der Waals surface area contributed by atoms with Gasteiger partial charge in [-0.2, -0.15) is 0 Å². The van der Waals surface area contributed by atoms with Crippen LogP contribution in [0.5, 0.6) is 5.88 Å². The monoisotopic (exact) mass is 338 g/mol. The maximum Gasteiger partial charge on any atom is 0.333 e. The number of aromatic nitrogens is 2. The van der Waals surface area contributed by atoms with Gasteiger partial charge in [0.05, 0.1) is 19.5 Å². The minimum Gasteiger partial charge on any atom is -0.494 e. The molecule has 2 aromatic carbocycles. The molecule has 0 bridgehead atoms. The van der Waals surface area contributed by atoms with Crippen molar-refractivity contribution in [3.8, 4) is 5.88 Å². The highest BCUT2D eigenvalue weighted by Gasteiger charge is 2.46. The van der Waals surface area contributed by atoms with E-state index in [-0.39, 0.29) is 17.5 Å². The molecule has 0 unspecified atom stereocenters. The van der Waals surface area contributed by atoms with E-state index in [0.29, 0.717) is 4.48 Å². The zero-order valence-corrected chi connectivity index (χ0v) is 14.6. The topological polar surface area (TPSA) is 64.2 Å². The standard InChI is InChI=1S/C19H19N3O3/c1-20-17(23)15(18(24)21(2)19(20)25)16-12-9-5-7-11-8-6-10-13(14(11)12)22(16,3)4/h5-10,16H,1-4H3/p+1/t16-/m0/s1. The lowest BCUT2D eigenvalue weighted by Gasteiger charge is -2.33. The van der Waals surface area contributed by atoms with E-state index in [4.69, 9.17) is 0 Å². The molecule has 6 heteroatoms. The van der Waals surface area contributed by atoms with E-state index < -0.39 is 11.2 Å². The van der Waals surface area contributed by atoms with Gasteiger partial charge in [-0.15, -0.1) is 0 Å². The first kappa shape index (κ1) is 15.7. The molecular weight excluding hydrogens is 318 g/mol. The summed E-state index contributed by atoms with van der Waals surface area (Å²) in [7, 11) is 6.95. The largest absolute Gasteiger partial charge is 0.494 e. The molecule has 1 N–H and O–H groups in total. The SMILES string of the molecule is Cn1c(O)c([C@@H]2c3cccc4cccc(c34)[N+]2(C)C)c(=O)n(C)c1=O. The Morgan fingerprint density at radius 1 is 1.00 bits per heavy atom. The predicted molar refractivity (Wildman–Crippen MR) is 98.0 cm³/mol.